The van der Waals surface area contributed by atoms with E-state index in [4.69, 9.17) is 0 Å². The number of aliphatic hydroxyl groups is 1. The van der Waals surface area contributed by atoms with Crippen molar-refractivity contribution in [3.05, 3.63) is 35.9 Å². The fourth-order valence-electron chi connectivity index (χ4n) is 3.19. The predicted molar refractivity (Wildman–Crippen MR) is 93.3 cm³/mol. The number of likely N-dealkylation sites (tertiary alicyclic amines) is 1. The van der Waals surface area contributed by atoms with Crippen LogP contribution in [0.1, 0.15) is 46.1 Å². The van der Waals surface area contributed by atoms with Crippen molar-refractivity contribution in [3.63, 3.8) is 0 Å². The molecule has 0 spiro atoms. The number of hydrogen-bond donors (Lipinski definition) is 2. The summed E-state index contributed by atoms with van der Waals surface area (Å²) in [6.45, 7) is 9.44. The van der Waals surface area contributed by atoms with E-state index in [2.05, 4.69) is 36.2 Å². The number of rotatable bonds is 5. The molecule has 4 nitrogen and oxygen atoms in total. The molecule has 4 heteroatoms. The van der Waals surface area contributed by atoms with Gasteiger partial charge in [-0.25, -0.2) is 0 Å². The fourth-order valence-corrected chi connectivity index (χ4v) is 3.19. The number of hydrogen-bond acceptors (Lipinski definition) is 3. The van der Waals surface area contributed by atoms with Crippen LogP contribution >= 0.6 is 0 Å². The normalized spacial score (nSPS) is 18.9. The smallest absolute Gasteiger partial charge is 0.251 e. The van der Waals surface area contributed by atoms with Gasteiger partial charge < -0.3 is 15.3 Å². The summed E-state index contributed by atoms with van der Waals surface area (Å²) >= 11 is 0. The zero-order valence-electron chi connectivity index (χ0n) is 14.8. The summed E-state index contributed by atoms with van der Waals surface area (Å²) in [4.78, 5) is 14.8. The third-order valence-corrected chi connectivity index (χ3v) is 4.81. The Bertz CT molecular complexity index is 512. The maximum absolute atomic E-state index is 12.4. The number of carbonyl (C=O) groups excluding carboxylic acids is 1. The Balaban J connectivity index is 2.16. The highest BCUT2D eigenvalue weighted by molar-refractivity contribution is 5.84. The lowest BCUT2D eigenvalue weighted by atomic mass is 9.81. The van der Waals surface area contributed by atoms with Crippen LogP contribution in [0.5, 0.6) is 0 Å². The van der Waals surface area contributed by atoms with Gasteiger partial charge in [0.25, 0.3) is 5.91 Å². The van der Waals surface area contributed by atoms with Gasteiger partial charge in [-0.1, -0.05) is 30.3 Å². The Morgan fingerprint density at radius 2 is 1.83 bits per heavy atom. The standard InChI is InChI=1S/C19H30N2O2/c1-15(2)21-12-10-19(11-13-21,20-17(22)18(3,4)23)14-16-8-6-5-7-9-16/h5-9,15,23H,10-14H2,1-4H3,(H,20,22). The zero-order valence-corrected chi connectivity index (χ0v) is 14.8. The van der Waals surface area contributed by atoms with E-state index in [9.17, 15) is 9.90 Å². The number of nitrogens with one attached hydrogen (secondary N) is 1. The fraction of sp³-hybridized carbons (Fsp3) is 0.632. The van der Waals surface area contributed by atoms with Gasteiger partial charge in [0.1, 0.15) is 5.60 Å². The summed E-state index contributed by atoms with van der Waals surface area (Å²) in [5.74, 6) is -0.286. The van der Waals surface area contributed by atoms with Crippen LogP contribution in [0.15, 0.2) is 30.3 Å². The second-order valence-corrected chi connectivity index (χ2v) is 7.59. The summed E-state index contributed by atoms with van der Waals surface area (Å²) in [7, 11) is 0. The number of amides is 1. The minimum absolute atomic E-state index is 0.274. The van der Waals surface area contributed by atoms with Crippen LogP contribution in [0.4, 0.5) is 0 Å². The Morgan fingerprint density at radius 1 is 1.26 bits per heavy atom. The third-order valence-electron chi connectivity index (χ3n) is 4.81. The maximum Gasteiger partial charge on any atom is 0.251 e. The largest absolute Gasteiger partial charge is 0.381 e. The molecule has 1 saturated heterocycles. The van der Waals surface area contributed by atoms with Crippen molar-refractivity contribution in [2.24, 2.45) is 0 Å². The molecule has 0 aromatic heterocycles. The van der Waals surface area contributed by atoms with E-state index in [0.29, 0.717) is 6.04 Å². The number of benzene rings is 1. The molecule has 0 bridgehead atoms. The first-order valence-corrected chi connectivity index (χ1v) is 8.55. The second kappa shape index (κ2) is 7.02. The minimum Gasteiger partial charge on any atom is -0.381 e. The lowest BCUT2D eigenvalue weighted by Crippen LogP contribution is -2.60. The van der Waals surface area contributed by atoms with E-state index in [1.807, 2.05) is 18.2 Å². The monoisotopic (exact) mass is 318 g/mol. The van der Waals surface area contributed by atoms with Crippen LogP contribution in [0, 0.1) is 0 Å². The van der Waals surface area contributed by atoms with Gasteiger partial charge in [0.05, 0.1) is 0 Å². The highest BCUT2D eigenvalue weighted by Gasteiger charge is 2.39. The first kappa shape index (κ1) is 18.0. The Kier molecular flexibility index (Phi) is 5.48. The summed E-state index contributed by atoms with van der Waals surface area (Å²) in [5.41, 5.74) is -0.399. The molecule has 0 radical (unpaired) electrons. The first-order chi connectivity index (χ1) is 10.7. The van der Waals surface area contributed by atoms with E-state index in [-0.39, 0.29) is 11.4 Å². The average molecular weight is 318 g/mol. The molecule has 1 amide bonds. The van der Waals surface area contributed by atoms with Gasteiger partial charge in [0.15, 0.2) is 0 Å². The molecule has 0 atom stereocenters. The van der Waals surface area contributed by atoms with Gasteiger partial charge in [-0.3, -0.25) is 4.79 Å². The van der Waals surface area contributed by atoms with Crippen molar-refractivity contribution in [1.29, 1.82) is 0 Å². The van der Waals surface area contributed by atoms with Crippen molar-refractivity contribution in [2.75, 3.05) is 13.1 Å². The summed E-state index contributed by atoms with van der Waals surface area (Å²) in [6, 6.07) is 10.8. The Morgan fingerprint density at radius 3 is 2.30 bits per heavy atom. The van der Waals surface area contributed by atoms with E-state index in [1.165, 1.54) is 5.56 Å². The van der Waals surface area contributed by atoms with E-state index in [1.54, 1.807) is 13.8 Å². The van der Waals surface area contributed by atoms with Crippen molar-refractivity contribution in [3.8, 4) is 0 Å². The van der Waals surface area contributed by atoms with Crippen LogP contribution < -0.4 is 5.32 Å². The Hall–Kier alpha value is -1.39. The van der Waals surface area contributed by atoms with Crippen LogP contribution in [0.25, 0.3) is 0 Å². The highest BCUT2D eigenvalue weighted by atomic mass is 16.3. The zero-order chi connectivity index (χ0) is 17.1. The molecule has 2 N–H and O–H groups in total. The first-order valence-electron chi connectivity index (χ1n) is 8.55. The highest BCUT2D eigenvalue weighted by Crippen LogP contribution is 2.28. The molecule has 0 saturated carbocycles. The number of carbonyl (C=O) groups is 1. The molecule has 0 unspecified atom stereocenters. The van der Waals surface area contributed by atoms with Gasteiger partial charge in [-0.05, 0) is 52.5 Å². The molecule has 1 aliphatic heterocycles. The lowest BCUT2D eigenvalue weighted by Gasteiger charge is -2.44. The molecular formula is C19H30N2O2. The maximum atomic E-state index is 12.4. The van der Waals surface area contributed by atoms with E-state index in [0.717, 1.165) is 32.4 Å². The summed E-state index contributed by atoms with van der Waals surface area (Å²) in [6.07, 6.45) is 2.62. The van der Waals surface area contributed by atoms with Gasteiger partial charge >= 0.3 is 0 Å². The third kappa shape index (κ3) is 4.79. The average Bonchev–Trinajstić information content (AvgIpc) is 2.47. The van der Waals surface area contributed by atoms with Crippen molar-refractivity contribution >= 4 is 5.91 Å². The van der Waals surface area contributed by atoms with Gasteiger partial charge in [0, 0.05) is 24.7 Å². The SMILES string of the molecule is CC(C)N1CCC(Cc2ccccc2)(NC(=O)C(C)(C)O)CC1. The molecule has 1 aromatic carbocycles. The summed E-state index contributed by atoms with van der Waals surface area (Å²) in [5, 5.41) is 13.2. The van der Waals surface area contributed by atoms with Gasteiger partial charge in [-0.15, -0.1) is 0 Å². The van der Waals surface area contributed by atoms with Crippen LogP contribution in [-0.2, 0) is 11.2 Å². The second-order valence-electron chi connectivity index (χ2n) is 7.59. The minimum atomic E-state index is -1.35. The van der Waals surface area contributed by atoms with Crippen molar-refractivity contribution in [1.82, 2.24) is 10.2 Å². The molecule has 1 aromatic rings. The van der Waals surface area contributed by atoms with E-state index >= 15 is 0 Å². The van der Waals surface area contributed by atoms with Crippen molar-refractivity contribution < 1.29 is 9.90 Å². The molecule has 1 fully saturated rings. The molecule has 0 aliphatic carbocycles. The molecule has 1 heterocycles. The van der Waals surface area contributed by atoms with E-state index < -0.39 is 5.60 Å². The lowest BCUT2D eigenvalue weighted by molar-refractivity contribution is -0.139. The molecule has 1 aliphatic rings. The predicted octanol–water partition coefficient (Wildman–Crippen LogP) is 2.36. The quantitative estimate of drug-likeness (QED) is 0.876. The number of nitrogens with zero attached hydrogens (tertiary/aromatic N) is 1. The Labute approximate surface area is 139 Å². The molecule has 2 rings (SSSR count). The molecule has 23 heavy (non-hydrogen) atoms. The number of piperidine rings is 1. The van der Waals surface area contributed by atoms with Gasteiger partial charge in [0.2, 0.25) is 0 Å². The molecule has 128 valence electrons. The van der Waals surface area contributed by atoms with Crippen LogP contribution in [0.2, 0.25) is 0 Å². The summed E-state index contributed by atoms with van der Waals surface area (Å²) < 4.78 is 0. The van der Waals surface area contributed by atoms with Gasteiger partial charge in [-0.2, -0.15) is 0 Å². The molecular weight excluding hydrogens is 288 g/mol. The topological polar surface area (TPSA) is 52.6 Å². The van der Waals surface area contributed by atoms with Crippen LogP contribution in [-0.4, -0.2) is 46.2 Å². The van der Waals surface area contributed by atoms with Crippen molar-refractivity contribution in [2.45, 2.75) is 64.1 Å². The van der Waals surface area contributed by atoms with Crippen LogP contribution in [0.3, 0.4) is 0 Å².